The predicted molar refractivity (Wildman–Crippen MR) is 71.4 cm³/mol. The Kier molecular flexibility index (Phi) is 5.66. The van der Waals surface area contributed by atoms with Crippen LogP contribution < -0.4 is 15.0 Å². The molecule has 0 fully saturated rings. The fourth-order valence-corrected chi connectivity index (χ4v) is 1.64. The van der Waals surface area contributed by atoms with Crippen LogP contribution in [-0.4, -0.2) is 39.3 Å². The summed E-state index contributed by atoms with van der Waals surface area (Å²) in [4.78, 5) is 24.2. The van der Waals surface area contributed by atoms with E-state index in [1.807, 2.05) is 12.1 Å². The number of anilines is 1. The number of alkyl carbamates (subject to hydrolysis) is 1. The van der Waals surface area contributed by atoms with Gasteiger partial charge >= 0.3 is 6.09 Å². The Hall–Kier alpha value is -2.24. The van der Waals surface area contributed by atoms with Gasteiger partial charge in [0.25, 0.3) is 0 Å². The van der Waals surface area contributed by atoms with Gasteiger partial charge in [0.15, 0.2) is 0 Å². The molecule has 0 atom stereocenters. The minimum absolute atomic E-state index is 0.129. The molecule has 0 aliphatic heterocycles. The highest BCUT2D eigenvalue weighted by molar-refractivity contribution is 5.93. The van der Waals surface area contributed by atoms with E-state index in [0.29, 0.717) is 24.5 Å². The fraction of sp³-hybridized carbons (Fsp3) is 0.385. The zero-order valence-electron chi connectivity index (χ0n) is 11.3. The quantitative estimate of drug-likeness (QED) is 0.874. The van der Waals surface area contributed by atoms with Gasteiger partial charge in [-0.15, -0.1) is 0 Å². The minimum Gasteiger partial charge on any atom is -0.495 e. The maximum atomic E-state index is 11.7. The van der Waals surface area contributed by atoms with Gasteiger partial charge in [0.1, 0.15) is 5.75 Å². The van der Waals surface area contributed by atoms with Crippen molar-refractivity contribution in [2.45, 2.75) is 6.92 Å². The highest BCUT2D eigenvalue weighted by Gasteiger charge is 2.15. The monoisotopic (exact) mass is 266 g/mol. The fourth-order valence-electron chi connectivity index (χ4n) is 1.64. The van der Waals surface area contributed by atoms with Crippen molar-refractivity contribution in [1.29, 1.82) is 0 Å². The molecule has 19 heavy (non-hydrogen) atoms. The molecule has 1 aromatic carbocycles. The molecule has 6 heteroatoms. The number of rotatable bonds is 5. The second-order valence-corrected chi connectivity index (χ2v) is 3.76. The SMILES string of the molecule is COC(=O)NCCN(C(C)=O)c1ccccc1OC. The molecular weight excluding hydrogens is 248 g/mol. The number of benzene rings is 1. The lowest BCUT2D eigenvalue weighted by Gasteiger charge is -2.23. The summed E-state index contributed by atoms with van der Waals surface area (Å²) < 4.78 is 9.68. The van der Waals surface area contributed by atoms with Crippen molar-refractivity contribution >= 4 is 17.7 Å². The Labute approximate surface area is 112 Å². The first kappa shape index (κ1) is 14.8. The first-order valence-electron chi connectivity index (χ1n) is 5.83. The summed E-state index contributed by atoms with van der Waals surface area (Å²) in [6, 6.07) is 7.21. The van der Waals surface area contributed by atoms with E-state index >= 15 is 0 Å². The zero-order valence-corrected chi connectivity index (χ0v) is 11.3. The van der Waals surface area contributed by atoms with Crippen LogP contribution in [0.4, 0.5) is 10.5 Å². The number of hydrogen-bond donors (Lipinski definition) is 1. The maximum absolute atomic E-state index is 11.7. The van der Waals surface area contributed by atoms with Crippen LogP contribution in [0.1, 0.15) is 6.92 Å². The Bertz CT molecular complexity index is 448. The molecule has 0 aliphatic rings. The third-order valence-electron chi connectivity index (χ3n) is 2.55. The van der Waals surface area contributed by atoms with Crippen molar-refractivity contribution in [2.75, 3.05) is 32.2 Å². The van der Waals surface area contributed by atoms with Gasteiger partial charge in [-0.05, 0) is 12.1 Å². The number of methoxy groups -OCH3 is 2. The molecule has 0 saturated carbocycles. The summed E-state index contributed by atoms with van der Waals surface area (Å²) in [7, 11) is 2.84. The van der Waals surface area contributed by atoms with Crippen LogP contribution in [0.5, 0.6) is 5.75 Å². The number of para-hydroxylation sites is 2. The highest BCUT2D eigenvalue weighted by Crippen LogP contribution is 2.27. The van der Waals surface area contributed by atoms with E-state index in [2.05, 4.69) is 10.1 Å². The molecule has 0 bridgehead atoms. The summed E-state index contributed by atoms with van der Waals surface area (Å²) in [6.45, 7) is 2.10. The molecule has 2 amide bonds. The lowest BCUT2D eigenvalue weighted by atomic mass is 10.2. The molecule has 104 valence electrons. The Balaban J connectivity index is 2.77. The van der Waals surface area contributed by atoms with Crippen LogP contribution in [0.3, 0.4) is 0 Å². The average molecular weight is 266 g/mol. The van der Waals surface area contributed by atoms with Crippen molar-refractivity contribution in [3.8, 4) is 5.75 Å². The predicted octanol–water partition coefficient (Wildman–Crippen LogP) is 1.40. The largest absolute Gasteiger partial charge is 0.495 e. The molecule has 0 aliphatic carbocycles. The molecule has 0 saturated heterocycles. The summed E-state index contributed by atoms with van der Waals surface area (Å²) in [5, 5.41) is 2.53. The maximum Gasteiger partial charge on any atom is 0.406 e. The topological polar surface area (TPSA) is 67.9 Å². The van der Waals surface area contributed by atoms with E-state index in [0.717, 1.165) is 0 Å². The Morgan fingerprint density at radius 1 is 1.26 bits per heavy atom. The van der Waals surface area contributed by atoms with Gasteiger partial charge in [0.05, 0.1) is 19.9 Å². The molecule has 0 heterocycles. The van der Waals surface area contributed by atoms with E-state index in [-0.39, 0.29) is 5.91 Å². The normalized spacial score (nSPS) is 9.63. The van der Waals surface area contributed by atoms with Crippen LogP contribution in [0.25, 0.3) is 0 Å². The summed E-state index contributed by atoms with van der Waals surface area (Å²) in [6.07, 6.45) is -0.525. The van der Waals surface area contributed by atoms with Crippen LogP contribution in [0.15, 0.2) is 24.3 Å². The lowest BCUT2D eigenvalue weighted by Crippen LogP contribution is -2.37. The van der Waals surface area contributed by atoms with Gasteiger partial charge in [-0.25, -0.2) is 4.79 Å². The molecule has 0 unspecified atom stereocenters. The second kappa shape index (κ2) is 7.25. The standard InChI is InChI=1S/C13H18N2O4/c1-10(16)15(9-8-14-13(17)19-3)11-6-4-5-7-12(11)18-2/h4-7H,8-9H2,1-3H3,(H,14,17). The summed E-state index contributed by atoms with van der Waals surface area (Å²) >= 11 is 0. The van der Waals surface area contributed by atoms with Crippen LogP contribution in [0, 0.1) is 0 Å². The molecule has 1 aromatic rings. The van der Waals surface area contributed by atoms with Crippen molar-refractivity contribution in [3.05, 3.63) is 24.3 Å². The minimum atomic E-state index is -0.525. The van der Waals surface area contributed by atoms with Crippen molar-refractivity contribution in [2.24, 2.45) is 0 Å². The van der Waals surface area contributed by atoms with Gasteiger partial charge in [0.2, 0.25) is 5.91 Å². The number of amides is 2. The van der Waals surface area contributed by atoms with E-state index in [1.54, 1.807) is 19.2 Å². The molecule has 0 radical (unpaired) electrons. The molecule has 1 N–H and O–H groups in total. The second-order valence-electron chi connectivity index (χ2n) is 3.76. The number of nitrogens with one attached hydrogen (secondary N) is 1. The molecule has 0 aromatic heterocycles. The van der Waals surface area contributed by atoms with Crippen molar-refractivity contribution in [1.82, 2.24) is 5.32 Å². The van der Waals surface area contributed by atoms with E-state index in [4.69, 9.17) is 4.74 Å². The summed E-state index contributed by atoms with van der Waals surface area (Å²) in [5.74, 6) is 0.479. The van der Waals surface area contributed by atoms with Crippen LogP contribution in [-0.2, 0) is 9.53 Å². The van der Waals surface area contributed by atoms with Gasteiger partial charge in [-0.3, -0.25) is 4.79 Å². The van der Waals surface area contributed by atoms with Crippen LogP contribution >= 0.6 is 0 Å². The third kappa shape index (κ3) is 4.17. The lowest BCUT2D eigenvalue weighted by molar-refractivity contribution is -0.116. The third-order valence-corrected chi connectivity index (χ3v) is 2.55. The average Bonchev–Trinajstić information content (AvgIpc) is 2.42. The number of hydrogen-bond acceptors (Lipinski definition) is 4. The molecular formula is C13H18N2O4. The highest BCUT2D eigenvalue weighted by atomic mass is 16.5. The van der Waals surface area contributed by atoms with E-state index in [1.165, 1.54) is 18.9 Å². The van der Waals surface area contributed by atoms with E-state index in [9.17, 15) is 9.59 Å². The van der Waals surface area contributed by atoms with Gasteiger partial charge in [-0.2, -0.15) is 0 Å². The van der Waals surface area contributed by atoms with Gasteiger partial charge in [0, 0.05) is 20.0 Å². The van der Waals surface area contributed by atoms with E-state index < -0.39 is 6.09 Å². The number of carbonyl (C=O) groups is 2. The smallest absolute Gasteiger partial charge is 0.406 e. The molecule has 0 spiro atoms. The number of nitrogens with zero attached hydrogens (tertiary/aromatic N) is 1. The molecule has 6 nitrogen and oxygen atoms in total. The van der Waals surface area contributed by atoms with Crippen LogP contribution in [0.2, 0.25) is 0 Å². The van der Waals surface area contributed by atoms with Gasteiger partial charge < -0.3 is 19.7 Å². The molecule has 1 rings (SSSR count). The first-order valence-corrected chi connectivity index (χ1v) is 5.83. The Morgan fingerprint density at radius 3 is 2.53 bits per heavy atom. The Morgan fingerprint density at radius 2 is 1.95 bits per heavy atom. The van der Waals surface area contributed by atoms with Crippen molar-refractivity contribution in [3.63, 3.8) is 0 Å². The summed E-state index contributed by atoms with van der Waals surface area (Å²) in [5.41, 5.74) is 0.671. The van der Waals surface area contributed by atoms with Gasteiger partial charge in [-0.1, -0.05) is 12.1 Å². The van der Waals surface area contributed by atoms with Crippen molar-refractivity contribution < 1.29 is 19.1 Å². The zero-order chi connectivity index (χ0) is 14.3. The number of carbonyl (C=O) groups excluding carboxylic acids is 2. The first-order chi connectivity index (χ1) is 9.10. The number of ether oxygens (including phenoxy) is 2.